The number of rotatable bonds is 6. The van der Waals surface area contributed by atoms with E-state index < -0.39 is 0 Å². The number of hydrogen-bond donors (Lipinski definition) is 0. The molecule has 0 aliphatic heterocycles. The fourth-order valence-electron chi connectivity index (χ4n) is 2.58. The van der Waals surface area contributed by atoms with Gasteiger partial charge in [-0.1, -0.05) is 12.8 Å². The molecule has 0 aromatic heterocycles. The first-order valence-electron chi connectivity index (χ1n) is 6.99. The lowest BCUT2D eigenvalue weighted by Gasteiger charge is -2.27. The third-order valence-electron chi connectivity index (χ3n) is 3.46. The number of carbonyl (C=O) groups excluding carboxylic acids is 2. The van der Waals surface area contributed by atoms with Crippen LogP contribution in [0.5, 0.6) is 0 Å². The van der Waals surface area contributed by atoms with Crippen LogP contribution in [-0.2, 0) is 19.1 Å². The maximum atomic E-state index is 11.7. The zero-order chi connectivity index (χ0) is 13.4. The third kappa shape index (κ3) is 5.07. The molecule has 1 saturated carbocycles. The van der Waals surface area contributed by atoms with Gasteiger partial charge in [-0.05, 0) is 39.0 Å². The first-order valence-corrected chi connectivity index (χ1v) is 6.99. The predicted octanol–water partition coefficient (Wildman–Crippen LogP) is 2.70. The van der Waals surface area contributed by atoms with E-state index >= 15 is 0 Å². The molecule has 0 heterocycles. The summed E-state index contributed by atoms with van der Waals surface area (Å²) in [4.78, 5) is 23.0. The second kappa shape index (κ2) is 8.11. The maximum Gasteiger partial charge on any atom is 0.308 e. The van der Waals surface area contributed by atoms with E-state index in [1.165, 1.54) is 0 Å². The van der Waals surface area contributed by atoms with Gasteiger partial charge in [-0.3, -0.25) is 9.59 Å². The molecule has 4 nitrogen and oxygen atoms in total. The minimum atomic E-state index is -0.129. The number of ether oxygens (including phenoxy) is 2. The highest BCUT2D eigenvalue weighted by atomic mass is 16.5. The molecule has 0 N–H and O–H groups in total. The SMILES string of the molecule is CCOC(=O)CCC1CCCC(C(=O)OCC)C1. The zero-order valence-corrected chi connectivity index (χ0v) is 11.4. The van der Waals surface area contributed by atoms with Gasteiger partial charge in [0.05, 0.1) is 19.1 Å². The summed E-state index contributed by atoms with van der Waals surface area (Å²) in [5.41, 5.74) is 0. The Morgan fingerprint density at radius 1 is 1.11 bits per heavy atom. The Hall–Kier alpha value is -1.06. The fraction of sp³-hybridized carbons (Fsp3) is 0.857. The Morgan fingerprint density at radius 3 is 2.50 bits per heavy atom. The fourth-order valence-corrected chi connectivity index (χ4v) is 2.58. The molecule has 4 heteroatoms. The highest BCUT2D eigenvalue weighted by Gasteiger charge is 2.28. The van der Waals surface area contributed by atoms with Crippen molar-refractivity contribution in [2.45, 2.75) is 52.4 Å². The Bertz CT molecular complexity index is 275. The Kier molecular flexibility index (Phi) is 6.76. The molecule has 0 aromatic rings. The van der Waals surface area contributed by atoms with Crippen LogP contribution in [0.2, 0.25) is 0 Å². The Balaban J connectivity index is 2.30. The minimum absolute atomic E-state index is 0.0332. The summed E-state index contributed by atoms with van der Waals surface area (Å²) in [5, 5.41) is 0. The van der Waals surface area contributed by atoms with Crippen molar-refractivity contribution in [1.82, 2.24) is 0 Å². The van der Waals surface area contributed by atoms with Gasteiger partial charge >= 0.3 is 11.9 Å². The predicted molar refractivity (Wildman–Crippen MR) is 67.9 cm³/mol. The summed E-state index contributed by atoms with van der Waals surface area (Å²) in [6, 6.07) is 0. The van der Waals surface area contributed by atoms with E-state index in [2.05, 4.69) is 0 Å². The van der Waals surface area contributed by atoms with Gasteiger partial charge in [-0.2, -0.15) is 0 Å². The summed E-state index contributed by atoms with van der Waals surface area (Å²) < 4.78 is 9.98. The van der Waals surface area contributed by atoms with Crippen LogP contribution in [0.4, 0.5) is 0 Å². The lowest BCUT2D eigenvalue weighted by atomic mass is 9.79. The van der Waals surface area contributed by atoms with Crippen molar-refractivity contribution in [3.05, 3.63) is 0 Å². The van der Waals surface area contributed by atoms with E-state index in [0.717, 1.165) is 32.1 Å². The molecule has 1 rings (SSSR count). The van der Waals surface area contributed by atoms with Gasteiger partial charge in [0.25, 0.3) is 0 Å². The molecule has 1 aliphatic rings. The molecule has 1 fully saturated rings. The Morgan fingerprint density at radius 2 is 1.83 bits per heavy atom. The van der Waals surface area contributed by atoms with E-state index in [1.54, 1.807) is 0 Å². The van der Waals surface area contributed by atoms with Crippen molar-refractivity contribution in [1.29, 1.82) is 0 Å². The smallest absolute Gasteiger partial charge is 0.308 e. The average Bonchev–Trinajstić information content (AvgIpc) is 2.37. The molecule has 104 valence electrons. The molecule has 0 amide bonds. The van der Waals surface area contributed by atoms with E-state index in [0.29, 0.717) is 25.6 Å². The summed E-state index contributed by atoms with van der Waals surface area (Å²) in [5.74, 6) is 0.289. The van der Waals surface area contributed by atoms with Crippen LogP contribution in [0, 0.1) is 11.8 Å². The standard InChI is InChI=1S/C14H24O4/c1-3-17-13(15)9-8-11-6-5-7-12(10-11)14(16)18-4-2/h11-12H,3-10H2,1-2H3. The van der Waals surface area contributed by atoms with E-state index in [9.17, 15) is 9.59 Å². The Labute approximate surface area is 109 Å². The number of hydrogen-bond acceptors (Lipinski definition) is 4. The summed E-state index contributed by atoms with van der Waals surface area (Å²) in [6.45, 7) is 4.53. The molecule has 2 unspecified atom stereocenters. The van der Waals surface area contributed by atoms with Crippen LogP contribution in [0.1, 0.15) is 52.4 Å². The third-order valence-corrected chi connectivity index (χ3v) is 3.46. The van der Waals surface area contributed by atoms with Crippen LogP contribution < -0.4 is 0 Å². The lowest BCUT2D eigenvalue weighted by molar-refractivity contribution is -0.149. The van der Waals surface area contributed by atoms with Crippen LogP contribution >= 0.6 is 0 Å². The van der Waals surface area contributed by atoms with Gasteiger partial charge in [0, 0.05) is 6.42 Å². The van der Waals surface area contributed by atoms with E-state index in [4.69, 9.17) is 9.47 Å². The molecule has 0 radical (unpaired) electrons. The molecule has 0 aromatic carbocycles. The minimum Gasteiger partial charge on any atom is -0.466 e. The molecule has 0 spiro atoms. The molecule has 18 heavy (non-hydrogen) atoms. The van der Waals surface area contributed by atoms with Gasteiger partial charge in [-0.15, -0.1) is 0 Å². The second-order valence-electron chi connectivity index (χ2n) is 4.83. The average molecular weight is 256 g/mol. The second-order valence-corrected chi connectivity index (χ2v) is 4.83. The van der Waals surface area contributed by atoms with Crippen LogP contribution in [-0.4, -0.2) is 25.2 Å². The monoisotopic (exact) mass is 256 g/mol. The van der Waals surface area contributed by atoms with Crippen molar-refractivity contribution in [2.75, 3.05) is 13.2 Å². The van der Waals surface area contributed by atoms with Crippen molar-refractivity contribution < 1.29 is 19.1 Å². The van der Waals surface area contributed by atoms with Crippen LogP contribution in [0.3, 0.4) is 0 Å². The number of carbonyl (C=O) groups is 2. The van der Waals surface area contributed by atoms with Gasteiger partial charge < -0.3 is 9.47 Å². The van der Waals surface area contributed by atoms with Crippen molar-refractivity contribution in [3.8, 4) is 0 Å². The zero-order valence-electron chi connectivity index (χ0n) is 11.4. The van der Waals surface area contributed by atoms with Gasteiger partial charge in [0.1, 0.15) is 0 Å². The highest BCUT2D eigenvalue weighted by molar-refractivity contribution is 5.72. The van der Waals surface area contributed by atoms with Gasteiger partial charge in [0.2, 0.25) is 0 Å². The molecule has 0 bridgehead atoms. The normalized spacial score (nSPS) is 23.4. The first kappa shape index (κ1) is 15.0. The van der Waals surface area contributed by atoms with E-state index in [1.807, 2.05) is 13.8 Å². The molecule has 0 saturated heterocycles. The topological polar surface area (TPSA) is 52.6 Å². The summed E-state index contributed by atoms with van der Waals surface area (Å²) >= 11 is 0. The van der Waals surface area contributed by atoms with Crippen molar-refractivity contribution in [2.24, 2.45) is 11.8 Å². The van der Waals surface area contributed by atoms with E-state index in [-0.39, 0.29) is 17.9 Å². The van der Waals surface area contributed by atoms with Crippen LogP contribution in [0.15, 0.2) is 0 Å². The largest absolute Gasteiger partial charge is 0.466 e. The summed E-state index contributed by atoms with van der Waals surface area (Å²) in [7, 11) is 0. The lowest BCUT2D eigenvalue weighted by Crippen LogP contribution is -2.25. The quantitative estimate of drug-likeness (QED) is 0.686. The first-order chi connectivity index (χ1) is 8.67. The number of esters is 2. The molecular weight excluding hydrogens is 232 g/mol. The van der Waals surface area contributed by atoms with Crippen molar-refractivity contribution in [3.63, 3.8) is 0 Å². The van der Waals surface area contributed by atoms with Gasteiger partial charge in [0.15, 0.2) is 0 Å². The van der Waals surface area contributed by atoms with Crippen LogP contribution in [0.25, 0.3) is 0 Å². The molecule has 1 aliphatic carbocycles. The maximum absolute atomic E-state index is 11.7. The van der Waals surface area contributed by atoms with Crippen molar-refractivity contribution >= 4 is 11.9 Å². The highest BCUT2D eigenvalue weighted by Crippen LogP contribution is 2.32. The summed E-state index contributed by atoms with van der Waals surface area (Å²) in [6.07, 6.45) is 5.24. The van der Waals surface area contributed by atoms with Gasteiger partial charge in [-0.25, -0.2) is 0 Å². The molecule has 2 atom stereocenters. The molecular formula is C14H24O4.